The van der Waals surface area contributed by atoms with Crippen molar-refractivity contribution in [2.45, 2.75) is 32.7 Å². The molecular formula is C13H23N3O2S. The lowest BCUT2D eigenvalue weighted by atomic mass is 10.3. The molecule has 1 rings (SSSR count). The zero-order valence-corrected chi connectivity index (χ0v) is 12.2. The van der Waals surface area contributed by atoms with Crippen molar-refractivity contribution in [2.24, 2.45) is 0 Å². The SMILES string of the molecule is CCCCS(=O)(=O)NCCCNCc1cccnc1. The Morgan fingerprint density at radius 1 is 1.26 bits per heavy atom. The fourth-order valence-electron chi connectivity index (χ4n) is 1.58. The van der Waals surface area contributed by atoms with Crippen molar-refractivity contribution in [3.8, 4) is 0 Å². The molecule has 1 aromatic rings. The monoisotopic (exact) mass is 285 g/mol. The van der Waals surface area contributed by atoms with Gasteiger partial charge in [-0.15, -0.1) is 0 Å². The van der Waals surface area contributed by atoms with Gasteiger partial charge in [-0.3, -0.25) is 4.98 Å². The van der Waals surface area contributed by atoms with Crippen LogP contribution in [0.25, 0.3) is 0 Å². The summed E-state index contributed by atoms with van der Waals surface area (Å²) in [6.45, 7) is 4.02. The highest BCUT2D eigenvalue weighted by Crippen LogP contribution is 1.95. The van der Waals surface area contributed by atoms with Gasteiger partial charge in [-0.25, -0.2) is 13.1 Å². The van der Waals surface area contributed by atoms with Gasteiger partial charge in [-0.1, -0.05) is 19.4 Å². The molecule has 1 aromatic heterocycles. The van der Waals surface area contributed by atoms with E-state index in [2.05, 4.69) is 15.0 Å². The molecule has 0 atom stereocenters. The summed E-state index contributed by atoms with van der Waals surface area (Å²) in [6, 6.07) is 3.91. The van der Waals surface area contributed by atoms with Crippen LogP contribution in [-0.2, 0) is 16.6 Å². The molecule has 1 heterocycles. The molecule has 6 heteroatoms. The van der Waals surface area contributed by atoms with Crippen molar-refractivity contribution in [3.05, 3.63) is 30.1 Å². The molecule has 0 aliphatic heterocycles. The van der Waals surface area contributed by atoms with Crippen LogP contribution >= 0.6 is 0 Å². The van der Waals surface area contributed by atoms with E-state index in [0.29, 0.717) is 13.0 Å². The van der Waals surface area contributed by atoms with E-state index in [-0.39, 0.29) is 5.75 Å². The molecule has 0 saturated carbocycles. The summed E-state index contributed by atoms with van der Waals surface area (Å²) < 4.78 is 25.6. The Bertz CT molecular complexity index is 434. The van der Waals surface area contributed by atoms with Crippen molar-refractivity contribution < 1.29 is 8.42 Å². The van der Waals surface area contributed by atoms with Crippen LogP contribution in [0, 0.1) is 0 Å². The van der Waals surface area contributed by atoms with Gasteiger partial charge < -0.3 is 5.32 Å². The number of nitrogens with one attached hydrogen (secondary N) is 2. The molecule has 108 valence electrons. The van der Waals surface area contributed by atoms with Gasteiger partial charge in [0.05, 0.1) is 5.75 Å². The molecule has 0 radical (unpaired) electrons. The van der Waals surface area contributed by atoms with E-state index in [1.165, 1.54) is 0 Å². The Hall–Kier alpha value is -0.980. The zero-order valence-electron chi connectivity index (χ0n) is 11.4. The van der Waals surface area contributed by atoms with Crippen LogP contribution in [0.3, 0.4) is 0 Å². The molecule has 0 fully saturated rings. The van der Waals surface area contributed by atoms with E-state index >= 15 is 0 Å². The van der Waals surface area contributed by atoms with Gasteiger partial charge in [0.1, 0.15) is 0 Å². The fraction of sp³-hybridized carbons (Fsp3) is 0.615. The van der Waals surface area contributed by atoms with Crippen LogP contribution in [0.2, 0.25) is 0 Å². The molecule has 2 N–H and O–H groups in total. The van der Waals surface area contributed by atoms with E-state index in [1.807, 2.05) is 25.3 Å². The number of pyridine rings is 1. The lowest BCUT2D eigenvalue weighted by molar-refractivity contribution is 0.570. The number of rotatable bonds is 10. The first-order valence-corrected chi connectivity index (χ1v) is 8.36. The van der Waals surface area contributed by atoms with Crippen LogP contribution in [0.1, 0.15) is 31.7 Å². The molecule has 19 heavy (non-hydrogen) atoms. The van der Waals surface area contributed by atoms with Gasteiger partial charge in [-0.05, 0) is 31.0 Å². The van der Waals surface area contributed by atoms with E-state index in [0.717, 1.165) is 31.5 Å². The third-order valence-corrected chi connectivity index (χ3v) is 4.14. The zero-order chi connectivity index (χ0) is 14.0. The van der Waals surface area contributed by atoms with Crippen molar-refractivity contribution >= 4 is 10.0 Å². The quantitative estimate of drug-likeness (QED) is 0.635. The normalized spacial score (nSPS) is 11.6. The Kier molecular flexibility index (Phi) is 7.62. The van der Waals surface area contributed by atoms with Crippen molar-refractivity contribution in [1.29, 1.82) is 0 Å². The lowest BCUT2D eigenvalue weighted by Gasteiger charge is -2.07. The standard InChI is InChI=1S/C13H23N3O2S/c1-2-3-10-19(17,18)16-9-5-8-15-12-13-6-4-7-14-11-13/h4,6-7,11,15-16H,2-3,5,8-10,12H2,1H3. The lowest BCUT2D eigenvalue weighted by Crippen LogP contribution is -2.29. The minimum atomic E-state index is -3.07. The van der Waals surface area contributed by atoms with Crippen LogP contribution < -0.4 is 10.0 Å². The number of hydrogen-bond acceptors (Lipinski definition) is 4. The number of sulfonamides is 1. The van der Waals surface area contributed by atoms with Crippen molar-refractivity contribution in [2.75, 3.05) is 18.8 Å². The van der Waals surface area contributed by atoms with E-state index in [1.54, 1.807) is 6.20 Å². The third-order valence-electron chi connectivity index (χ3n) is 2.67. The summed E-state index contributed by atoms with van der Waals surface area (Å²) in [4.78, 5) is 4.03. The van der Waals surface area contributed by atoms with Crippen LogP contribution in [0.4, 0.5) is 0 Å². The summed E-state index contributed by atoms with van der Waals surface area (Å²) in [5.74, 6) is 0.229. The van der Waals surface area contributed by atoms with Crippen molar-refractivity contribution in [1.82, 2.24) is 15.0 Å². The number of aromatic nitrogens is 1. The van der Waals surface area contributed by atoms with Gasteiger partial charge in [-0.2, -0.15) is 0 Å². The highest BCUT2D eigenvalue weighted by atomic mass is 32.2. The highest BCUT2D eigenvalue weighted by Gasteiger charge is 2.07. The summed E-state index contributed by atoms with van der Waals surface area (Å²) in [5.41, 5.74) is 1.13. The summed E-state index contributed by atoms with van der Waals surface area (Å²) in [7, 11) is -3.07. The third kappa shape index (κ3) is 7.92. The average molecular weight is 285 g/mol. The Labute approximate surface area is 115 Å². The molecule has 0 saturated heterocycles. The summed E-state index contributed by atoms with van der Waals surface area (Å²) >= 11 is 0. The molecule has 0 aromatic carbocycles. The maximum absolute atomic E-state index is 11.5. The molecule has 0 spiro atoms. The smallest absolute Gasteiger partial charge is 0.211 e. The van der Waals surface area contributed by atoms with Crippen LogP contribution in [0.5, 0.6) is 0 Å². The van der Waals surface area contributed by atoms with Gasteiger partial charge in [0, 0.05) is 25.5 Å². The molecule has 0 unspecified atom stereocenters. The van der Waals surface area contributed by atoms with Gasteiger partial charge in [0.2, 0.25) is 10.0 Å². The first-order valence-electron chi connectivity index (χ1n) is 6.71. The van der Waals surface area contributed by atoms with E-state index < -0.39 is 10.0 Å². The minimum Gasteiger partial charge on any atom is -0.313 e. The largest absolute Gasteiger partial charge is 0.313 e. The molecule has 0 aliphatic carbocycles. The highest BCUT2D eigenvalue weighted by molar-refractivity contribution is 7.89. The number of unbranched alkanes of at least 4 members (excludes halogenated alkanes) is 1. The summed E-state index contributed by atoms with van der Waals surface area (Å²) in [6.07, 6.45) is 5.96. The molecule has 0 amide bonds. The predicted octanol–water partition coefficient (Wildman–Crippen LogP) is 1.28. The second-order valence-corrected chi connectivity index (χ2v) is 6.38. The van der Waals surface area contributed by atoms with E-state index in [9.17, 15) is 8.42 Å². The van der Waals surface area contributed by atoms with Crippen LogP contribution in [0.15, 0.2) is 24.5 Å². The predicted molar refractivity (Wildman–Crippen MR) is 77.3 cm³/mol. The van der Waals surface area contributed by atoms with Gasteiger partial charge in [0.15, 0.2) is 0 Å². The number of nitrogens with zero attached hydrogens (tertiary/aromatic N) is 1. The first kappa shape index (κ1) is 16.1. The first-order chi connectivity index (χ1) is 9.14. The van der Waals surface area contributed by atoms with Crippen LogP contribution in [-0.4, -0.2) is 32.2 Å². The molecule has 0 bridgehead atoms. The Balaban J connectivity index is 2.05. The van der Waals surface area contributed by atoms with Gasteiger partial charge in [0.25, 0.3) is 0 Å². The average Bonchev–Trinajstić information content (AvgIpc) is 2.42. The maximum Gasteiger partial charge on any atom is 0.211 e. The molecule has 5 nitrogen and oxygen atoms in total. The number of hydrogen-bond donors (Lipinski definition) is 2. The molecule has 0 aliphatic rings. The Morgan fingerprint density at radius 2 is 2.11 bits per heavy atom. The second-order valence-electron chi connectivity index (χ2n) is 4.46. The fourth-order valence-corrected chi connectivity index (χ4v) is 2.85. The maximum atomic E-state index is 11.5. The van der Waals surface area contributed by atoms with E-state index in [4.69, 9.17) is 0 Å². The minimum absolute atomic E-state index is 0.229. The second kappa shape index (κ2) is 9.01. The van der Waals surface area contributed by atoms with Gasteiger partial charge >= 0.3 is 0 Å². The summed E-state index contributed by atoms with van der Waals surface area (Å²) in [5, 5.41) is 3.26. The van der Waals surface area contributed by atoms with Crippen molar-refractivity contribution in [3.63, 3.8) is 0 Å². The Morgan fingerprint density at radius 3 is 2.79 bits per heavy atom. The topological polar surface area (TPSA) is 71.1 Å². The molecular weight excluding hydrogens is 262 g/mol.